The van der Waals surface area contributed by atoms with E-state index in [4.69, 9.17) is 10.00 Å². The fourth-order valence-electron chi connectivity index (χ4n) is 1.41. The van der Waals surface area contributed by atoms with E-state index in [0.717, 1.165) is 12.1 Å². The van der Waals surface area contributed by atoms with Gasteiger partial charge in [0, 0.05) is 18.3 Å². The third kappa shape index (κ3) is 3.88. The zero-order chi connectivity index (χ0) is 14.6. The van der Waals surface area contributed by atoms with Crippen molar-refractivity contribution in [1.29, 1.82) is 5.26 Å². The predicted molar refractivity (Wildman–Crippen MR) is 62.2 cm³/mol. The number of aromatic nitrogens is 1. The van der Waals surface area contributed by atoms with Crippen LogP contribution in [0.1, 0.15) is 5.69 Å². The van der Waals surface area contributed by atoms with Gasteiger partial charge in [-0.25, -0.2) is 4.98 Å². The van der Waals surface area contributed by atoms with Crippen molar-refractivity contribution in [3.63, 3.8) is 0 Å². The van der Waals surface area contributed by atoms with Crippen molar-refractivity contribution in [1.82, 2.24) is 4.98 Å². The maximum Gasteiger partial charge on any atom is 0.573 e. The number of nitriles is 1. The molecule has 4 nitrogen and oxygen atoms in total. The Morgan fingerprint density at radius 1 is 1.05 bits per heavy atom. The number of pyridine rings is 1. The topological polar surface area (TPSA) is 55.1 Å². The van der Waals surface area contributed by atoms with Crippen LogP contribution in [0.15, 0.2) is 42.6 Å². The molecule has 0 unspecified atom stereocenters. The summed E-state index contributed by atoms with van der Waals surface area (Å²) in [5.74, 6) is 0.0621. The van der Waals surface area contributed by atoms with E-state index in [0.29, 0.717) is 5.75 Å². The molecule has 102 valence electrons. The van der Waals surface area contributed by atoms with Crippen molar-refractivity contribution >= 4 is 0 Å². The quantitative estimate of drug-likeness (QED) is 0.861. The largest absolute Gasteiger partial charge is 0.573 e. The van der Waals surface area contributed by atoms with Gasteiger partial charge in [0.2, 0.25) is 0 Å². The number of hydrogen-bond acceptors (Lipinski definition) is 4. The molecule has 20 heavy (non-hydrogen) atoms. The molecule has 0 aliphatic rings. The van der Waals surface area contributed by atoms with Gasteiger partial charge in [-0.05, 0) is 18.2 Å². The first-order valence-electron chi connectivity index (χ1n) is 5.36. The molecule has 1 aromatic carbocycles. The number of ether oxygens (including phenoxy) is 2. The normalized spacial score (nSPS) is 10.7. The van der Waals surface area contributed by atoms with Gasteiger partial charge in [0.15, 0.2) is 0 Å². The fraction of sp³-hybridized carbons (Fsp3) is 0.0769. The molecule has 2 aromatic rings. The lowest BCUT2D eigenvalue weighted by Gasteiger charge is -2.10. The molecule has 7 heteroatoms. The van der Waals surface area contributed by atoms with E-state index >= 15 is 0 Å². The van der Waals surface area contributed by atoms with Crippen LogP contribution in [0.2, 0.25) is 0 Å². The van der Waals surface area contributed by atoms with Crippen LogP contribution in [-0.4, -0.2) is 11.3 Å². The standard InChI is InChI=1S/C13H7F3N2O2/c14-13(15,16)20-12-3-1-2-10(7-12)19-11-4-5-18-9(6-11)8-17/h1-7H. The number of rotatable bonds is 3. The molecule has 0 amide bonds. The number of nitrogens with zero attached hydrogens (tertiary/aromatic N) is 2. The highest BCUT2D eigenvalue weighted by atomic mass is 19.4. The van der Waals surface area contributed by atoms with Crippen molar-refractivity contribution in [2.45, 2.75) is 6.36 Å². The van der Waals surface area contributed by atoms with Gasteiger partial charge >= 0.3 is 6.36 Å². The van der Waals surface area contributed by atoms with Crippen molar-refractivity contribution in [2.24, 2.45) is 0 Å². The van der Waals surface area contributed by atoms with Crippen LogP contribution in [0.4, 0.5) is 13.2 Å². The number of alkyl halides is 3. The Morgan fingerprint density at radius 3 is 2.45 bits per heavy atom. The first kappa shape index (κ1) is 13.7. The fourth-order valence-corrected chi connectivity index (χ4v) is 1.41. The van der Waals surface area contributed by atoms with Crippen LogP contribution < -0.4 is 9.47 Å². The third-order valence-corrected chi connectivity index (χ3v) is 2.12. The molecule has 1 heterocycles. The predicted octanol–water partition coefficient (Wildman–Crippen LogP) is 3.64. The summed E-state index contributed by atoms with van der Waals surface area (Å²) in [5, 5.41) is 8.69. The van der Waals surface area contributed by atoms with Crippen LogP contribution in [0, 0.1) is 11.3 Å². The van der Waals surface area contributed by atoms with E-state index < -0.39 is 6.36 Å². The van der Waals surface area contributed by atoms with Crippen LogP contribution in [0.3, 0.4) is 0 Å². The van der Waals surface area contributed by atoms with Crippen LogP contribution >= 0.6 is 0 Å². The van der Waals surface area contributed by atoms with Crippen molar-refractivity contribution in [3.8, 4) is 23.3 Å². The molecule has 0 saturated heterocycles. The van der Waals surface area contributed by atoms with Gasteiger partial charge in [0.05, 0.1) is 0 Å². The summed E-state index contributed by atoms with van der Waals surface area (Å²) in [6.45, 7) is 0. The molecule has 0 aliphatic carbocycles. The van der Waals surface area contributed by atoms with Gasteiger partial charge in [-0.2, -0.15) is 5.26 Å². The number of hydrogen-bond donors (Lipinski definition) is 0. The van der Waals surface area contributed by atoms with Gasteiger partial charge in [-0.15, -0.1) is 13.2 Å². The van der Waals surface area contributed by atoms with Gasteiger partial charge in [0.25, 0.3) is 0 Å². The third-order valence-electron chi connectivity index (χ3n) is 2.12. The monoisotopic (exact) mass is 280 g/mol. The summed E-state index contributed by atoms with van der Waals surface area (Å²) in [6, 6.07) is 9.78. The lowest BCUT2D eigenvalue weighted by atomic mass is 10.3. The second-order valence-corrected chi connectivity index (χ2v) is 3.61. The van der Waals surface area contributed by atoms with Gasteiger partial charge < -0.3 is 9.47 Å². The molecule has 0 saturated carbocycles. The average Bonchev–Trinajstić information content (AvgIpc) is 2.37. The molecule has 0 aliphatic heterocycles. The Balaban J connectivity index is 2.17. The second kappa shape index (κ2) is 5.48. The minimum atomic E-state index is -4.76. The summed E-state index contributed by atoms with van der Waals surface area (Å²) in [4.78, 5) is 3.75. The number of benzene rings is 1. The van der Waals surface area contributed by atoms with Gasteiger partial charge in [-0.3, -0.25) is 0 Å². The van der Waals surface area contributed by atoms with Crippen LogP contribution in [0.25, 0.3) is 0 Å². The van der Waals surface area contributed by atoms with E-state index in [1.807, 2.05) is 6.07 Å². The highest BCUT2D eigenvalue weighted by Crippen LogP contribution is 2.28. The summed E-state index contributed by atoms with van der Waals surface area (Å²) in [5.41, 5.74) is 0.144. The smallest absolute Gasteiger partial charge is 0.457 e. The van der Waals surface area contributed by atoms with E-state index in [-0.39, 0.29) is 17.2 Å². The molecule has 0 spiro atoms. The second-order valence-electron chi connectivity index (χ2n) is 3.61. The molecule has 0 radical (unpaired) electrons. The lowest BCUT2D eigenvalue weighted by molar-refractivity contribution is -0.274. The maximum absolute atomic E-state index is 12.1. The minimum absolute atomic E-state index is 0.144. The summed E-state index contributed by atoms with van der Waals surface area (Å²) in [7, 11) is 0. The maximum atomic E-state index is 12.1. The first-order chi connectivity index (χ1) is 9.46. The van der Waals surface area contributed by atoms with Crippen molar-refractivity contribution < 1.29 is 22.6 Å². The minimum Gasteiger partial charge on any atom is -0.457 e. The zero-order valence-corrected chi connectivity index (χ0v) is 9.89. The Morgan fingerprint density at radius 2 is 1.75 bits per heavy atom. The molecule has 0 fully saturated rings. The lowest BCUT2D eigenvalue weighted by Crippen LogP contribution is -2.17. The van der Waals surface area contributed by atoms with E-state index in [2.05, 4.69) is 9.72 Å². The van der Waals surface area contributed by atoms with E-state index in [1.54, 1.807) is 0 Å². The molecule has 0 bridgehead atoms. The molecule has 2 rings (SSSR count). The summed E-state index contributed by atoms with van der Waals surface area (Å²) >= 11 is 0. The number of halogens is 3. The van der Waals surface area contributed by atoms with Gasteiger partial charge in [0.1, 0.15) is 29.0 Å². The zero-order valence-electron chi connectivity index (χ0n) is 9.89. The molecular formula is C13H7F3N2O2. The highest BCUT2D eigenvalue weighted by molar-refractivity contribution is 5.38. The van der Waals surface area contributed by atoms with Crippen LogP contribution in [-0.2, 0) is 0 Å². The molecule has 0 atom stereocenters. The molecular weight excluding hydrogens is 273 g/mol. The van der Waals surface area contributed by atoms with E-state index in [9.17, 15) is 13.2 Å². The van der Waals surface area contributed by atoms with Crippen molar-refractivity contribution in [2.75, 3.05) is 0 Å². The Bertz CT molecular complexity index is 651. The Kier molecular flexibility index (Phi) is 3.75. The van der Waals surface area contributed by atoms with Gasteiger partial charge in [-0.1, -0.05) is 6.07 Å². The average molecular weight is 280 g/mol. The van der Waals surface area contributed by atoms with Crippen LogP contribution in [0.5, 0.6) is 17.2 Å². The SMILES string of the molecule is N#Cc1cc(Oc2cccc(OC(F)(F)F)c2)ccn1. The van der Waals surface area contributed by atoms with E-state index in [1.165, 1.54) is 30.5 Å². The van der Waals surface area contributed by atoms with Crippen molar-refractivity contribution in [3.05, 3.63) is 48.3 Å². The highest BCUT2D eigenvalue weighted by Gasteiger charge is 2.31. The molecule has 1 aromatic heterocycles. The summed E-state index contributed by atoms with van der Waals surface area (Å²) < 4.78 is 45.4. The Hall–Kier alpha value is -2.75. The molecule has 0 N–H and O–H groups in total. The summed E-state index contributed by atoms with van der Waals surface area (Å²) in [6.07, 6.45) is -3.40. The Labute approximate surface area is 112 Å². The first-order valence-corrected chi connectivity index (χ1v) is 5.36.